The van der Waals surface area contributed by atoms with Crippen LogP contribution < -0.4 is 15.8 Å². The molecule has 0 atom stereocenters. The van der Waals surface area contributed by atoms with E-state index in [1.807, 2.05) is 0 Å². The number of hydrogen-bond donors (Lipinski definition) is 2. The lowest BCUT2D eigenvalue weighted by Gasteiger charge is -2.33. The fourth-order valence-corrected chi connectivity index (χ4v) is 3.65. The van der Waals surface area contributed by atoms with Crippen LogP contribution >= 0.6 is 0 Å². The number of carbonyl (C=O) groups is 1. The highest BCUT2D eigenvalue weighted by Crippen LogP contribution is 2.30. The topological polar surface area (TPSA) is 111 Å². The third-order valence-corrected chi connectivity index (χ3v) is 5.23. The van der Waals surface area contributed by atoms with Gasteiger partial charge in [-0.15, -0.1) is 0 Å². The van der Waals surface area contributed by atoms with Crippen LogP contribution in [0.3, 0.4) is 0 Å². The largest absolute Gasteiger partial charge is 0.496 e. The van der Waals surface area contributed by atoms with E-state index in [0.29, 0.717) is 0 Å². The molecule has 1 aromatic rings. The predicted octanol–water partition coefficient (Wildman–Crippen LogP) is 2.66. The van der Waals surface area contributed by atoms with Crippen molar-refractivity contribution in [2.24, 2.45) is 0 Å². The summed E-state index contributed by atoms with van der Waals surface area (Å²) >= 11 is 0. The molecule has 1 fully saturated rings. The number of nitrogen functional groups attached to an aromatic ring is 1. The molecule has 2 aliphatic rings. The van der Waals surface area contributed by atoms with Crippen molar-refractivity contribution < 1.29 is 14.5 Å². The molecule has 0 saturated carbocycles. The Morgan fingerprint density at radius 3 is 2.71 bits per heavy atom. The van der Waals surface area contributed by atoms with Gasteiger partial charge in [0, 0.05) is 37.8 Å². The van der Waals surface area contributed by atoms with Crippen LogP contribution in [0.1, 0.15) is 36.0 Å². The van der Waals surface area contributed by atoms with Gasteiger partial charge < -0.3 is 15.8 Å². The number of anilines is 1. The zero-order valence-corrected chi connectivity index (χ0v) is 16.0. The number of benzene rings is 1. The van der Waals surface area contributed by atoms with Crippen LogP contribution in [0.5, 0.6) is 5.75 Å². The highest BCUT2D eigenvalue weighted by Gasteiger charge is 2.25. The Balaban J connectivity index is 1.59. The van der Waals surface area contributed by atoms with Crippen molar-refractivity contribution in [2.75, 3.05) is 32.5 Å². The van der Waals surface area contributed by atoms with E-state index in [9.17, 15) is 14.9 Å². The van der Waals surface area contributed by atoms with Crippen molar-refractivity contribution in [1.29, 1.82) is 0 Å². The van der Waals surface area contributed by atoms with Gasteiger partial charge in [0.1, 0.15) is 11.4 Å². The summed E-state index contributed by atoms with van der Waals surface area (Å²) in [7, 11) is 1.41. The molecular weight excluding hydrogens is 360 g/mol. The molecule has 0 bridgehead atoms. The molecule has 3 N–H and O–H groups in total. The Kier molecular flexibility index (Phi) is 6.30. The van der Waals surface area contributed by atoms with Gasteiger partial charge in [0.25, 0.3) is 11.6 Å². The third kappa shape index (κ3) is 4.69. The second kappa shape index (κ2) is 8.88. The maximum atomic E-state index is 12.7. The molecule has 1 saturated heterocycles. The quantitative estimate of drug-likeness (QED) is 0.337. The molecule has 1 amide bonds. The van der Waals surface area contributed by atoms with Crippen molar-refractivity contribution in [2.45, 2.75) is 31.7 Å². The van der Waals surface area contributed by atoms with Gasteiger partial charge in [-0.1, -0.05) is 23.8 Å². The number of likely N-dealkylation sites (tertiary alicyclic amines) is 1. The molecule has 1 aliphatic carbocycles. The number of hydrogen-bond acceptors (Lipinski definition) is 6. The van der Waals surface area contributed by atoms with Crippen LogP contribution in [0.4, 0.5) is 11.4 Å². The molecule has 8 nitrogen and oxygen atoms in total. The lowest BCUT2D eigenvalue weighted by molar-refractivity contribution is -0.383. The maximum absolute atomic E-state index is 12.7. The number of nitro groups is 1. The fourth-order valence-electron chi connectivity index (χ4n) is 3.65. The molecular formula is C20H26N4O4. The Labute approximate surface area is 164 Å². The van der Waals surface area contributed by atoms with E-state index < -0.39 is 4.92 Å². The number of piperidine rings is 1. The Morgan fingerprint density at radius 1 is 1.36 bits per heavy atom. The highest BCUT2D eigenvalue weighted by molar-refractivity contribution is 5.98. The monoisotopic (exact) mass is 386 g/mol. The summed E-state index contributed by atoms with van der Waals surface area (Å²) < 4.78 is 5.19. The van der Waals surface area contributed by atoms with Crippen LogP contribution in [0.15, 0.2) is 35.9 Å². The van der Waals surface area contributed by atoms with E-state index in [2.05, 4.69) is 28.4 Å². The van der Waals surface area contributed by atoms with Gasteiger partial charge in [0.2, 0.25) is 0 Å². The second-order valence-corrected chi connectivity index (χ2v) is 7.17. The Hall–Kier alpha value is -2.87. The number of nitrogens with one attached hydrogen (secondary N) is 1. The standard InChI is InChI=1S/C20H26N4O4/c1-28-19-12-17(21)18(24(26)27)11-16(19)20(25)22-15-7-9-23(10-8-15)13-14-5-3-2-4-6-14/h2-3,6,11-12,15H,4-5,7-10,13,21H2,1H3,(H,22,25). The first kappa shape index (κ1) is 19.9. The SMILES string of the molecule is COc1cc(N)c([N+](=O)[O-])cc1C(=O)NC1CCN(CC2=CCC=CC2)CC1. The van der Waals surface area contributed by atoms with E-state index in [-0.39, 0.29) is 34.6 Å². The number of amides is 1. The summed E-state index contributed by atoms with van der Waals surface area (Å²) in [6.07, 6.45) is 10.4. The fraction of sp³-hybridized carbons (Fsp3) is 0.450. The van der Waals surface area contributed by atoms with E-state index in [0.717, 1.165) is 45.3 Å². The maximum Gasteiger partial charge on any atom is 0.293 e. The molecule has 28 heavy (non-hydrogen) atoms. The normalized spacial score (nSPS) is 17.8. The summed E-state index contributed by atoms with van der Waals surface area (Å²) in [4.78, 5) is 25.6. The van der Waals surface area contributed by atoms with Crippen LogP contribution in [0, 0.1) is 10.1 Å². The van der Waals surface area contributed by atoms with E-state index in [1.54, 1.807) is 0 Å². The summed E-state index contributed by atoms with van der Waals surface area (Å²) in [5.74, 6) is -0.145. The zero-order chi connectivity index (χ0) is 20.1. The minimum Gasteiger partial charge on any atom is -0.496 e. The minimum absolute atomic E-state index is 0.0291. The number of carbonyl (C=O) groups excluding carboxylic acids is 1. The summed E-state index contributed by atoms with van der Waals surface area (Å²) in [5.41, 5.74) is 6.93. The van der Waals surface area contributed by atoms with Crippen LogP contribution in [0.25, 0.3) is 0 Å². The number of nitro benzene ring substituents is 1. The Bertz CT molecular complexity index is 811. The predicted molar refractivity (Wildman–Crippen MR) is 107 cm³/mol. The first-order valence-corrected chi connectivity index (χ1v) is 9.46. The summed E-state index contributed by atoms with van der Waals surface area (Å²) in [6.45, 7) is 2.79. The Morgan fingerprint density at radius 2 is 2.11 bits per heavy atom. The van der Waals surface area contributed by atoms with Gasteiger partial charge in [-0.3, -0.25) is 19.8 Å². The van der Waals surface area contributed by atoms with Gasteiger partial charge in [-0.05, 0) is 25.7 Å². The number of rotatable bonds is 6. The van der Waals surface area contributed by atoms with Crippen LogP contribution in [-0.4, -0.2) is 48.5 Å². The summed E-state index contributed by atoms with van der Waals surface area (Å²) in [6, 6.07) is 2.54. The van der Waals surface area contributed by atoms with Gasteiger partial charge >= 0.3 is 0 Å². The first-order chi connectivity index (χ1) is 13.5. The molecule has 0 unspecified atom stereocenters. The highest BCUT2D eigenvalue weighted by atomic mass is 16.6. The first-order valence-electron chi connectivity index (χ1n) is 9.46. The molecule has 150 valence electrons. The van der Waals surface area contributed by atoms with Gasteiger partial charge in [-0.25, -0.2) is 0 Å². The average Bonchev–Trinajstić information content (AvgIpc) is 2.69. The van der Waals surface area contributed by atoms with Crippen molar-refractivity contribution in [3.63, 3.8) is 0 Å². The van der Waals surface area contributed by atoms with Gasteiger partial charge in [0.15, 0.2) is 0 Å². The molecule has 8 heteroatoms. The molecule has 3 rings (SSSR count). The van der Waals surface area contributed by atoms with E-state index in [1.165, 1.54) is 24.8 Å². The number of methoxy groups -OCH3 is 1. The van der Waals surface area contributed by atoms with Gasteiger partial charge in [-0.2, -0.15) is 0 Å². The molecule has 1 heterocycles. The lowest BCUT2D eigenvalue weighted by Crippen LogP contribution is -2.45. The lowest BCUT2D eigenvalue weighted by atomic mass is 10.0. The van der Waals surface area contributed by atoms with Crippen molar-refractivity contribution >= 4 is 17.3 Å². The van der Waals surface area contributed by atoms with Crippen LogP contribution in [0.2, 0.25) is 0 Å². The molecule has 0 radical (unpaired) electrons. The zero-order valence-electron chi connectivity index (χ0n) is 16.0. The smallest absolute Gasteiger partial charge is 0.293 e. The van der Waals surface area contributed by atoms with E-state index in [4.69, 9.17) is 10.5 Å². The minimum atomic E-state index is -0.598. The average molecular weight is 386 g/mol. The summed E-state index contributed by atoms with van der Waals surface area (Å²) in [5, 5.41) is 14.1. The van der Waals surface area contributed by atoms with Crippen molar-refractivity contribution in [3.05, 3.63) is 51.6 Å². The third-order valence-electron chi connectivity index (χ3n) is 5.23. The van der Waals surface area contributed by atoms with Crippen molar-refractivity contribution in [1.82, 2.24) is 10.2 Å². The molecule has 0 spiro atoms. The molecule has 1 aliphatic heterocycles. The van der Waals surface area contributed by atoms with Gasteiger partial charge in [0.05, 0.1) is 17.6 Å². The second-order valence-electron chi connectivity index (χ2n) is 7.17. The molecule has 1 aromatic carbocycles. The number of ether oxygens (including phenoxy) is 1. The number of nitrogens with zero attached hydrogens (tertiary/aromatic N) is 2. The van der Waals surface area contributed by atoms with Crippen molar-refractivity contribution in [3.8, 4) is 5.75 Å². The number of nitrogens with two attached hydrogens (primary N) is 1. The van der Waals surface area contributed by atoms with E-state index >= 15 is 0 Å². The van der Waals surface area contributed by atoms with Crippen LogP contribution in [-0.2, 0) is 0 Å². The number of allylic oxidation sites excluding steroid dienone is 3. The molecule has 0 aromatic heterocycles.